The van der Waals surface area contributed by atoms with Crippen LogP contribution >= 0.6 is 0 Å². The fourth-order valence-corrected chi connectivity index (χ4v) is 1.85. The summed E-state index contributed by atoms with van der Waals surface area (Å²) in [5.41, 5.74) is 3.60. The van der Waals surface area contributed by atoms with E-state index in [4.69, 9.17) is 9.94 Å². The second kappa shape index (κ2) is 7.87. The van der Waals surface area contributed by atoms with Crippen LogP contribution in [0.3, 0.4) is 0 Å². The Morgan fingerprint density at radius 1 is 1.14 bits per heavy atom. The second-order valence-electron chi connectivity index (χ2n) is 4.47. The van der Waals surface area contributed by atoms with Crippen molar-refractivity contribution >= 4 is 12.0 Å². The maximum atomic E-state index is 10.9. The molecule has 0 aromatic heterocycles. The van der Waals surface area contributed by atoms with Crippen molar-refractivity contribution in [2.24, 2.45) is 0 Å². The molecule has 2 rings (SSSR count). The minimum absolute atomic E-state index is 0.564. The Kier molecular flexibility index (Phi) is 5.55. The first-order chi connectivity index (χ1) is 10.3. The Morgan fingerprint density at radius 2 is 1.95 bits per heavy atom. The fraction of sp³-hybridized carbons (Fsp3) is 0.118. The van der Waals surface area contributed by atoms with Gasteiger partial charge < -0.3 is 4.74 Å². The smallest absolute Gasteiger partial charge is 0.267 e. The molecule has 0 saturated heterocycles. The van der Waals surface area contributed by atoms with E-state index in [0.29, 0.717) is 6.61 Å². The average Bonchev–Trinajstić information content (AvgIpc) is 2.54. The van der Waals surface area contributed by atoms with Crippen molar-refractivity contribution in [2.45, 2.75) is 6.42 Å². The van der Waals surface area contributed by atoms with Crippen molar-refractivity contribution in [1.82, 2.24) is 5.48 Å². The predicted octanol–water partition coefficient (Wildman–Crippen LogP) is 2.83. The summed E-state index contributed by atoms with van der Waals surface area (Å²) in [4.78, 5) is 10.9. The number of nitrogens with one attached hydrogen (secondary N) is 1. The Labute approximate surface area is 123 Å². The molecule has 0 atom stereocenters. The van der Waals surface area contributed by atoms with Crippen molar-refractivity contribution in [3.63, 3.8) is 0 Å². The summed E-state index contributed by atoms with van der Waals surface area (Å²) in [6, 6.07) is 17.6. The minimum Gasteiger partial charge on any atom is -0.493 e. The molecular formula is C17H17NO3. The van der Waals surface area contributed by atoms with E-state index >= 15 is 0 Å². The minimum atomic E-state index is -0.564. The molecule has 2 aromatic rings. The van der Waals surface area contributed by atoms with E-state index in [-0.39, 0.29) is 0 Å². The van der Waals surface area contributed by atoms with Gasteiger partial charge in [0.05, 0.1) is 6.61 Å². The highest BCUT2D eigenvalue weighted by Crippen LogP contribution is 2.15. The number of benzene rings is 2. The van der Waals surface area contributed by atoms with Crippen LogP contribution in [0.25, 0.3) is 6.08 Å². The van der Waals surface area contributed by atoms with Crippen LogP contribution in [0.2, 0.25) is 0 Å². The molecule has 0 aliphatic rings. The van der Waals surface area contributed by atoms with Gasteiger partial charge in [0.25, 0.3) is 5.91 Å². The van der Waals surface area contributed by atoms with Gasteiger partial charge in [-0.25, -0.2) is 5.48 Å². The summed E-state index contributed by atoms with van der Waals surface area (Å²) in [7, 11) is 0. The zero-order valence-corrected chi connectivity index (χ0v) is 11.5. The highest BCUT2D eigenvalue weighted by atomic mass is 16.5. The normalized spacial score (nSPS) is 10.5. The lowest BCUT2D eigenvalue weighted by Crippen LogP contribution is -2.14. The predicted molar refractivity (Wildman–Crippen MR) is 81.0 cm³/mol. The Morgan fingerprint density at radius 3 is 2.71 bits per heavy atom. The maximum Gasteiger partial charge on any atom is 0.267 e. The molecule has 21 heavy (non-hydrogen) atoms. The summed E-state index contributed by atoms with van der Waals surface area (Å²) in [6.07, 6.45) is 3.70. The van der Waals surface area contributed by atoms with Crippen molar-refractivity contribution in [3.05, 3.63) is 71.8 Å². The topological polar surface area (TPSA) is 58.6 Å². The lowest BCUT2D eigenvalue weighted by molar-refractivity contribution is -0.124. The van der Waals surface area contributed by atoms with Crippen LogP contribution in [-0.4, -0.2) is 17.7 Å². The first-order valence-corrected chi connectivity index (χ1v) is 6.67. The Balaban J connectivity index is 1.89. The Bertz CT molecular complexity index is 608. The average molecular weight is 283 g/mol. The van der Waals surface area contributed by atoms with E-state index in [1.165, 1.54) is 11.6 Å². The highest BCUT2D eigenvalue weighted by molar-refractivity contribution is 5.90. The van der Waals surface area contributed by atoms with Crippen molar-refractivity contribution < 1.29 is 14.7 Å². The van der Waals surface area contributed by atoms with Crippen LogP contribution < -0.4 is 10.2 Å². The number of rotatable bonds is 6. The van der Waals surface area contributed by atoms with Crippen LogP contribution in [0.15, 0.2) is 60.7 Å². The third kappa shape index (κ3) is 5.12. The van der Waals surface area contributed by atoms with Gasteiger partial charge in [0, 0.05) is 12.5 Å². The number of hydroxylamine groups is 1. The van der Waals surface area contributed by atoms with E-state index < -0.39 is 5.91 Å². The van der Waals surface area contributed by atoms with E-state index in [0.717, 1.165) is 17.7 Å². The molecule has 4 heteroatoms. The molecule has 0 saturated carbocycles. The van der Waals surface area contributed by atoms with E-state index in [9.17, 15) is 4.79 Å². The van der Waals surface area contributed by atoms with Crippen LogP contribution in [0.5, 0.6) is 5.75 Å². The molecule has 0 aliphatic carbocycles. The van der Waals surface area contributed by atoms with Gasteiger partial charge in [-0.1, -0.05) is 42.5 Å². The molecular weight excluding hydrogens is 266 g/mol. The summed E-state index contributed by atoms with van der Waals surface area (Å²) < 4.78 is 5.70. The quantitative estimate of drug-likeness (QED) is 0.487. The standard InChI is InChI=1S/C17H17NO3/c19-17(18-20)10-9-15-7-4-8-16(13-15)21-12-11-14-5-2-1-3-6-14/h1-10,13,20H,11-12H2,(H,18,19)/b10-9+. The summed E-state index contributed by atoms with van der Waals surface area (Å²) in [5, 5.41) is 8.42. The largest absolute Gasteiger partial charge is 0.493 e. The molecule has 2 N–H and O–H groups in total. The van der Waals surface area contributed by atoms with Crippen molar-refractivity contribution in [2.75, 3.05) is 6.61 Å². The zero-order valence-electron chi connectivity index (χ0n) is 11.5. The lowest BCUT2D eigenvalue weighted by Gasteiger charge is -2.07. The van der Waals surface area contributed by atoms with Gasteiger partial charge in [-0.2, -0.15) is 0 Å². The molecule has 1 amide bonds. The maximum absolute atomic E-state index is 10.9. The van der Waals surface area contributed by atoms with Crippen LogP contribution in [0.4, 0.5) is 0 Å². The monoisotopic (exact) mass is 283 g/mol. The number of hydrogen-bond acceptors (Lipinski definition) is 3. The molecule has 0 spiro atoms. The van der Waals surface area contributed by atoms with Crippen LogP contribution in [-0.2, 0) is 11.2 Å². The molecule has 0 heterocycles. The van der Waals surface area contributed by atoms with Gasteiger partial charge in [0.15, 0.2) is 0 Å². The third-order valence-electron chi connectivity index (χ3n) is 2.90. The van der Waals surface area contributed by atoms with Gasteiger partial charge in [-0.05, 0) is 29.3 Å². The molecule has 0 aliphatic heterocycles. The summed E-state index contributed by atoms with van der Waals surface area (Å²) >= 11 is 0. The highest BCUT2D eigenvalue weighted by Gasteiger charge is 1.97. The van der Waals surface area contributed by atoms with Crippen LogP contribution in [0.1, 0.15) is 11.1 Å². The number of carbonyl (C=O) groups is 1. The van der Waals surface area contributed by atoms with E-state index in [1.807, 2.05) is 42.5 Å². The lowest BCUT2D eigenvalue weighted by atomic mass is 10.2. The molecule has 0 bridgehead atoms. The van der Waals surface area contributed by atoms with Crippen molar-refractivity contribution in [1.29, 1.82) is 0 Å². The fourth-order valence-electron chi connectivity index (χ4n) is 1.85. The third-order valence-corrected chi connectivity index (χ3v) is 2.90. The molecule has 4 nitrogen and oxygen atoms in total. The molecule has 2 aromatic carbocycles. The molecule has 108 valence electrons. The molecule has 0 radical (unpaired) electrons. The zero-order chi connectivity index (χ0) is 14.9. The van der Waals surface area contributed by atoms with Gasteiger partial charge in [-0.3, -0.25) is 10.0 Å². The van der Waals surface area contributed by atoms with Gasteiger partial charge in [0.2, 0.25) is 0 Å². The van der Waals surface area contributed by atoms with E-state index in [1.54, 1.807) is 11.6 Å². The number of hydrogen-bond donors (Lipinski definition) is 2. The molecule has 0 unspecified atom stereocenters. The SMILES string of the molecule is O=C(/C=C/c1cccc(OCCc2ccccc2)c1)NO. The summed E-state index contributed by atoms with van der Waals surface area (Å²) in [5.74, 6) is 0.183. The number of ether oxygens (including phenoxy) is 1. The number of amides is 1. The van der Waals surface area contributed by atoms with Crippen molar-refractivity contribution in [3.8, 4) is 5.75 Å². The Hall–Kier alpha value is -2.59. The molecule has 0 fully saturated rings. The van der Waals surface area contributed by atoms with E-state index in [2.05, 4.69) is 12.1 Å². The number of carbonyl (C=O) groups excluding carboxylic acids is 1. The van der Waals surface area contributed by atoms with Gasteiger partial charge in [0.1, 0.15) is 5.75 Å². The first kappa shape index (κ1) is 14.8. The second-order valence-corrected chi connectivity index (χ2v) is 4.47. The van der Waals surface area contributed by atoms with Gasteiger partial charge >= 0.3 is 0 Å². The van der Waals surface area contributed by atoms with Gasteiger partial charge in [-0.15, -0.1) is 0 Å². The first-order valence-electron chi connectivity index (χ1n) is 6.67. The van der Waals surface area contributed by atoms with Crippen LogP contribution in [0, 0.1) is 0 Å². The summed E-state index contributed by atoms with van der Waals surface area (Å²) in [6.45, 7) is 0.592.